The lowest BCUT2D eigenvalue weighted by Crippen LogP contribution is -2.30. The molecule has 2 aromatic heterocycles. The van der Waals surface area contributed by atoms with Crippen LogP contribution in [0.15, 0.2) is 66.1 Å². The van der Waals surface area contributed by atoms with E-state index in [9.17, 15) is 9.59 Å². The van der Waals surface area contributed by atoms with Crippen molar-refractivity contribution < 1.29 is 9.59 Å². The molecule has 0 radical (unpaired) electrons. The molecule has 2 unspecified atom stereocenters. The van der Waals surface area contributed by atoms with E-state index in [1.807, 2.05) is 13.0 Å². The van der Waals surface area contributed by atoms with Crippen LogP contribution in [0.1, 0.15) is 105 Å². The van der Waals surface area contributed by atoms with Crippen LogP contribution in [0.25, 0.3) is 6.08 Å². The quantitative estimate of drug-likeness (QED) is 0.219. The molecule has 3 heterocycles. The summed E-state index contributed by atoms with van der Waals surface area (Å²) in [6.45, 7) is 12.7. The number of amides is 2. The van der Waals surface area contributed by atoms with Crippen molar-refractivity contribution in [3.05, 3.63) is 88.6 Å². The lowest BCUT2D eigenvalue weighted by Gasteiger charge is -2.20. The molecule has 0 spiro atoms. The summed E-state index contributed by atoms with van der Waals surface area (Å²) < 4.78 is 0. The Morgan fingerprint density at radius 3 is 2.70 bits per heavy atom. The highest BCUT2D eigenvalue weighted by atomic mass is 16.2. The third-order valence-electron chi connectivity index (χ3n) is 9.52. The summed E-state index contributed by atoms with van der Waals surface area (Å²) in [7, 11) is 0. The average molecular weight is 622 g/mol. The molecule has 7 heteroatoms. The Hall–Kier alpha value is -3.84. The van der Waals surface area contributed by atoms with Gasteiger partial charge in [0, 0.05) is 11.9 Å². The van der Waals surface area contributed by atoms with Gasteiger partial charge in [-0.2, -0.15) is 0 Å². The van der Waals surface area contributed by atoms with Gasteiger partial charge in [-0.05, 0) is 125 Å². The first-order valence-electron chi connectivity index (χ1n) is 17.3. The fourth-order valence-corrected chi connectivity index (χ4v) is 7.02. The highest BCUT2D eigenvalue weighted by molar-refractivity contribution is 6.05. The number of pyridine rings is 2. The minimum atomic E-state index is -0.243. The van der Waals surface area contributed by atoms with E-state index in [4.69, 9.17) is 4.98 Å². The predicted octanol–water partition coefficient (Wildman–Crippen LogP) is 8.46. The van der Waals surface area contributed by atoms with Crippen molar-refractivity contribution in [1.82, 2.24) is 14.9 Å². The molecule has 46 heavy (non-hydrogen) atoms. The van der Waals surface area contributed by atoms with Gasteiger partial charge >= 0.3 is 0 Å². The Morgan fingerprint density at radius 2 is 1.91 bits per heavy atom. The lowest BCUT2D eigenvalue weighted by atomic mass is 9.86. The normalized spacial score (nSPS) is 18.8. The van der Waals surface area contributed by atoms with Crippen molar-refractivity contribution >= 4 is 29.3 Å². The van der Waals surface area contributed by atoms with Gasteiger partial charge in [0.25, 0.3) is 5.91 Å². The number of aromatic nitrogens is 2. The van der Waals surface area contributed by atoms with Crippen molar-refractivity contribution in [3.63, 3.8) is 0 Å². The number of nitrogens with zero attached hydrogens (tertiary/aromatic N) is 3. The Balaban J connectivity index is 1.30. The second-order valence-corrected chi connectivity index (χ2v) is 13.5. The Morgan fingerprint density at radius 1 is 1.09 bits per heavy atom. The number of nitrogens with one attached hydrogen (secondary N) is 2. The maximum Gasteiger partial charge on any atom is 0.257 e. The number of hydrogen-bond acceptors (Lipinski definition) is 5. The number of carbonyl (C=O) groups excluding carboxylic acids is 2. The molecule has 0 saturated carbocycles. The number of allylic oxidation sites excluding steroid dienone is 6. The highest BCUT2D eigenvalue weighted by Crippen LogP contribution is 2.35. The molecule has 2 aliphatic carbocycles. The van der Waals surface area contributed by atoms with Crippen LogP contribution in [0.3, 0.4) is 0 Å². The Labute approximate surface area is 275 Å². The number of carbonyl (C=O) groups is 2. The summed E-state index contributed by atoms with van der Waals surface area (Å²) in [5.74, 6) is 1.03. The van der Waals surface area contributed by atoms with Crippen LogP contribution in [-0.2, 0) is 11.2 Å². The molecule has 3 aliphatic rings. The minimum Gasteiger partial charge on any atom is -0.324 e. The van der Waals surface area contributed by atoms with Crippen LogP contribution in [0.2, 0.25) is 0 Å². The third kappa shape index (κ3) is 9.12. The van der Waals surface area contributed by atoms with Crippen molar-refractivity contribution in [2.24, 2.45) is 11.8 Å². The van der Waals surface area contributed by atoms with Crippen LogP contribution in [0.5, 0.6) is 0 Å². The molecule has 244 valence electrons. The van der Waals surface area contributed by atoms with Gasteiger partial charge in [0.15, 0.2) is 0 Å². The summed E-state index contributed by atoms with van der Waals surface area (Å²) in [4.78, 5) is 37.3. The van der Waals surface area contributed by atoms with Crippen molar-refractivity contribution in [3.8, 4) is 0 Å². The fraction of sp³-hybridized carbons (Fsp3) is 0.487. The van der Waals surface area contributed by atoms with Crippen molar-refractivity contribution in [2.75, 3.05) is 30.3 Å². The van der Waals surface area contributed by atoms with Crippen molar-refractivity contribution in [2.45, 2.75) is 91.4 Å². The summed E-state index contributed by atoms with van der Waals surface area (Å²) >= 11 is 0. The van der Waals surface area contributed by atoms with Crippen LogP contribution in [-0.4, -0.2) is 46.3 Å². The van der Waals surface area contributed by atoms with E-state index >= 15 is 0 Å². The first-order chi connectivity index (χ1) is 22.3. The van der Waals surface area contributed by atoms with Crippen LogP contribution in [0.4, 0.5) is 11.4 Å². The van der Waals surface area contributed by atoms with E-state index in [0.29, 0.717) is 41.0 Å². The zero-order valence-electron chi connectivity index (χ0n) is 28.0. The Kier molecular flexibility index (Phi) is 11.8. The van der Waals surface area contributed by atoms with Crippen LogP contribution < -0.4 is 10.6 Å². The van der Waals surface area contributed by atoms with Crippen LogP contribution in [0, 0.1) is 18.8 Å². The summed E-state index contributed by atoms with van der Waals surface area (Å²) in [6, 6.07) is 3.73. The number of fused-ring (bicyclic) bond motifs is 1. The van der Waals surface area contributed by atoms with Crippen LogP contribution >= 0.6 is 0 Å². The monoisotopic (exact) mass is 621 g/mol. The topological polar surface area (TPSA) is 87.2 Å². The summed E-state index contributed by atoms with van der Waals surface area (Å²) in [5, 5.41) is 5.94. The van der Waals surface area contributed by atoms with Gasteiger partial charge in [-0.25, -0.2) is 0 Å². The molecule has 2 N–H and O–H groups in total. The zero-order valence-corrected chi connectivity index (χ0v) is 28.0. The molecule has 7 nitrogen and oxygen atoms in total. The molecule has 1 aliphatic heterocycles. The fourth-order valence-electron chi connectivity index (χ4n) is 7.02. The highest BCUT2D eigenvalue weighted by Gasteiger charge is 2.21. The van der Waals surface area contributed by atoms with Gasteiger partial charge < -0.3 is 10.6 Å². The molecule has 2 atom stereocenters. The first-order valence-corrected chi connectivity index (χ1v) is 17.3. The van der Waals surface area contributed by atoms with E-state index in [0.717, 1.165) is 75.7 Å². The Bertz CT molecular complexity index is 1510. The number of aryl methyl sites for hydroxylation is 2. The predicted molar refractivity (Wildman–Crippen MR) is 189 cm³/mol. The molecular formula is C39H51N5O2. The number of rotatable bonds is 13. The van der Waals surface area contributed by atoms with E-state index in [2.05, 4.69) is 65.2 Å². The molecule has 2 aromatic rings. The molecule has 2 amide bonds. The molecular weight excluding hydrogens is 570 g/mol. The number of likely N-dealkylation sites (tertiary alicyclic amines) is 1. The van der Waals surface area contributed by atoms with Gasteiger partial charge in [0.2, 0.25) is 5.91 Å². The second kappa shape index (κ2) is 16.1. The number of anilines is 2. The zero-order chi connectivity index (χ0) is 32.5. The van der Waals surface area contributed by atoms with Crippen molar-refractivity contribution in [1.29, 1.82) is 0 Å². The average Bonchev–Trinajstić information content (AvgIpc) is 3.48. The summed E-state index contributed by atoms with van der Waals surface area (Å²) in [5.41, 5.74) is 8.59. The van der Waals surface area contributed by atoms with Gasteiger partial charge in [-0.15, -0.1) is 6.58 Å². The van der Waals surface area contributed by atoms with Gasteiger partial charge in [-0.1, -0.05) is 50.5 Å². The smallest absolute Gasteiger partial charge is 0.257 e. The molecule has 0 bridgehead atoms. The SMILES string of the molecule is C=CCCC(CCC)CC1=CC(C2=Cc3cc(C(=O)Nc4cc(NC(=O)CN5CCCC5)cnc4C)cnc3CC2)=CCC(C)C1. The summed E-state index contributed by atoms with van der Waals surface area (Å²) in [6.07, 6.45) is 24.7. The van der Waals surface area contributed by atoms with E-state index in [-0.39, 0.29) is 11.8 Å². The molecule has 1 fully saturated rings. The maximum absolute atomic E-state index is 13.4. The van der Waals surface area contributed by atoms with Gasteiger partial charge in [0.1, 0.15) is 0 Å². The third-order valence-corrected chi connectivity index (χ3v) is 9.52. The first kappa shape index (κ1) is 33.5. The molecule has 5 rings (SSSR count). The molecule has 0 aromatic carbocycles. The number of hydrogen-bond donors (Lipinski definition) is 2. The minimum absolute atomic E-state index is 0.0695. The maximum atomic E-state index is 13.4. The van der Waals surface area contributed by atoms with E-state index < -0.39 is 0 Å². The van der Waals surface area contributed by atoms with E-state index in [1.54, 1.807) is 24.0 Å². The van der Waals surface area contributed by atoms with Gasteiger partial charge in [-0.3, -0.25) is 24.5 Å². The largest absolute Gasteiger partial charge is 0.324 e. The van der Waals surface area contributed by atoms with Gasteiger partial charge in [0.05, 0.1) is 35.4 Å². The lowest BCUT2D eigenvalue weighted by molar-refractivity contribution is -0.117. The second-order valence-electron chi connectivity index (χ2n) is 13.5. The molecule has 1 saturated heterocycles. The standard InChI is InChI=1S/C39H51N5O2/c1-5-7-11-29(10-6-2)19-30-18-27(3)12-13-31(20-30)32-14-15-36-33(21-32)22-34(24-41-36)39(46)43-37-23-35(25-40-28(37)4)42-38(45)26-44-16-8-9-17-44/h5,13,20-25,27,29H,1,6-12,14-19,26H2,2-4H3,(H,42,45)(H,43,46). The van der Waals surface area contributed by atoms with E-state index in [1.165, 1.54) is 30.4 Å².